The Balaban J connectivity index is 2.04. The van der Waals surface area contributed by atoms with Gasteiger partial charge in [0.2, 0.25) is 0 Å². The van der Waals surface area contributed by atoms with Crippen molar-refractivity contribution in [1.82, 2.24) is 0 Å². The molecule has 0 fully saturated rings. The standard InChI is InChI=1S/C21H26O4/c1-5-20(3,17-13-9-7-10-14-17)23-19(22)24-25-21(4,6-2)18-15-11-8-12-16-18/h7-16H,5-6H2,1-4H3. The lowest BCUT2D eigenvalue weighted by atomic mass is 9.93. The molecule has 2 aromatic rings. The summed E-state index contributed by atoms with van der Waals surface area (Å²) in [6.07, 6.45) is 0.424. The molecule has 0 heterocycles. The Bertz CT molecular complexity index is 671. The van der Waals surface area contributed by atoms with E-state index in [1.165, 1.54) is 0 Å². The van der Waals surface area contributed by atoms with Crippen molar-refractivity contribution in [3.05, 3.63) is 71.8 Å². The molecule has 25 heavy (non-hydrogen) atoms. The third-order valence-corrected chi connectivity index (χ3v) is 4.72. The normalized spacial score (nSPS) is 15.7. The Morgan fingerprint density at radius 3 is 1.68 bits per heavy atom. The molecule has 2 aromatic carbocycles. The van der Waals surface area contributed by atoms with Gasteiger partial charge < -0.3 is 4.74 Å². The van der Waals surface area contributed by atoms with Crippen molar-refractivity contribution in [2.45, 2.75) is 51.7 Å². The van der Waals surface area contributed by atoms with Gasteiger partial charge in [-0.05, 0) is 37.8 Å². The van der Waals surface area contributed by atoms with Gasteiger partial charge in [0.1, 0.15) is 11.2 Å². The first-order valence-corrected chi connectivity index (χ1v) is 8.63. The molecule has 0 aliphatic carbocycles. The lowest BCUT2D eigenvalue weighted by Gasteiger charge is -2.30. The zero-order valence-corrected chi connectivity index (χ0v) is 15.3. The highest BCUT2D eigenvalue weighted by molar-refractivity contribution is 5.60. The molecule has 2 atom stereocenters. The zero-order valence-electron chi connectivity index (χ0n) is 15.3. The van der Waals surface area contributed by atoms with Crippen molar-refractivity contribution < 1.29 is 19.3 Å². The fraction of sp³-hybridized carbons (Fsp3) is 0.381. The van der Waals surface area contributed by atoms with E-state index in [1.807, 2.05) is 88.4 Å². The van der Waals surface area contributed by atoms with Crippen LogP contribution in [0.5, 0.6) is 0 Å². The molecule has 0 spiro atoms. The fourth-order valence-corrected chi connectivity index (χ4v) is 2.55. The summed E-state index contributed by atoms with van der Waals surface area (Å²) < 4.78 is 5.56. The van der Waals surface area contributed by atoms with Gasteiger partial charge in [0.15, 0.2) is 0 Å². The smallest absolute Gasteiger partial charge is 0.421 e. The molecule has 4 nitrogen and oxygen atoms in total. The highest BCUT2D eigenvalue weighted by Gasteiger charge is 2.33. The van der Waals surface area contributed by atoms with Gasteiger partial charge in [-0.1, -0.05) is 74.5 Å². The number of benzene rings is 2. The van der Waals surface area contributed by atoms with Crippen LogP contribution in [0, 0.1) is 0 Å². The van der Waals surface area contributed by atoms with E-state index in [-0.39, 0.29) is 0 Å². The summed E-state index contributed by atoms with van der Waals surface area (Å²) in [7, 11) is 0. The summed E-state index contributed by atoms with van der Waals surface area (Å²) in [6, 6.07) is 19.3. The van der Waals surface area contributed by atoms with Gasteiger partial charge in [0.05, 0.1) is 0 Å². The van der Waals surface area contributed by atoms with Gasteiger partial charge in [0, 0.05) is 0 Å². The van der Waals surface area contributed by atoms with Crippen LogP contribution in [0.2, 0.25) is 0 Å². The largest absolute Gasteiger partial charge is 0.541 e. The lowest BCUT2D eigenvalue weighted by Crippen LogP contribution is -2.32. The van der Waals surface area contributed by atoms with Crippen LogP contribution in [0.25, 0.3) is 0 Å². The predicted molar refractivity (Wildman–Crippen MR) is 96.8 cm³/mol. The van der Waals surface area contributed by atoms with E-state index in [9.17, 15) is 4.79 Å². The van der Waals surface area contributed by atoms with Gasteiger partial charge >= 0.3 is 6.16 Å². The maximum atomic E-state index is 12.2. The van der Waals surface area contributed by atoms with Crippen molar-refractivity contribution in [1.29, 1.82) is 0 Å². The summed E-state index contributed by atoms with van der Waals surface area (Å²) in [4.78, 5) is 22.7. The topological polar surface area (TPSA) is 44.8 Å². The molecular formula is C21H26O4. The van der Waals surface area contributed by atoms with Crippen LogP contribution in [0.3, 0.4) is 0 Å². The quantitative estimate of drug-likeness (QED) is 0.366. The van der Waals surface area contributed by atoms with E-state index < -0.39 is 17.4 Å². The van der Waals surface area contributed by atoms with Gasteiger partial charge in [-0.3, -0.25) is 4.89 Å². The molecular weight excluding hydrogens is 316 g/mol. The lowest BCUT2D eigenvalue weighted by molar-refractivity contribution is -0.332. The third-order valence-electron chi connectivity index (χ3n) is 4.72. The Kier molecular flexibility index (Phi) is 6.21. The van der Waals surface area contributed by atoms with E-state index >= 15 is 0 Å². The van der Waals surface area contributed by atoms with Gasteiger partial charge in [-0.2, -0.15) is 4.89 Å². The molecule has 0 radical (unpaired) electrons. The second-order valence-corrected chi connectivity index (χ2v) is 6.42. The highest BCUT2D eigenvalue weighted by Crippen LogP contribution is 2.32. The monoisotopic (exact) mass is 342 g/mol. The van der Waals surface area contributed by atoms with Crippen molar-refractivity contribution in [3.63, 3.8) is 0 Å². The molecule has 0 aliphatic rings. The minimum Gasteiger partial charge on any atom is -0.421 e. The maximum Gasteiger partial charge on any atom is 0.541 e. The van der Waals surface area contributed by atoms with E-state index in [4.69, 9.17) is 14.5 Å². The summed E-state index contributed by atoms with van der Waals surface area (Å²) in [5, 5.41) is 0. The maximum absolute atomic E-state index is 12.2. The second-order valence-electron chi connectivity index (χ2n) is 6.42. The average molecular weight is 342 g/mol. The van der Waals surface area contributed by atoms with E-state index in [0.717, 1.165) is 11.1 Å². The van der Waals surface area contributed by atoms with Crippen molar-refractivity contribution >= 4 is 6.16 Å². The first-order chi connectivity index (χ1) is 11.9. The van der Waals surface area contributed by atoms with Crippen LogP contribution in [-0.2, 0) is 25.7 Å². The predicted octanol–water partition coefficient (Wildman–Crippen LogP) is 5.72. The van der Waals surface area contributed by atoms with Crippen LogP contribution in [-0.4, -0.2) is 6.16 Å². The van der Waals surface area contributed by atoms with Crippen LogP contribution < -0.4 is 0 Å². The van der Waals surface area contributed by atoms with Crippen LogP contribution in [0.15, 0.2) is 60.7 Å². The Morgan fingerprint density at radius 1 is 0.800 bits per heavy atom. The summed E-state index contributed by atoms with van der Waals surface area (Å²) in [6.45, 7) is 7.68. The highest BCUT2D eigenvalue weighted by atomic mass is 17.2. The van der Waals surface area contributed by atoms with E-state index in [1.54, 1.807) is 0 Å². The Labute approximate surface area is 149 Å². The molecule has 0 saturated heterocycles. The SMILES string of the molecule is CCC(C)(OOC(=O)OC(C)(CC)c1ccccc1)c1ccccc1. The number of carbonyl (C=O) groups excluding carboxylic acids is 1. The molecule has 134 valence electrons. The number of ether oxygens (including phenoxy) is 1. The molecule has 2 rings (SSSR count). The van der Waals surface area contributed by atoms with Crippen LogP contribution >= 0.6 is 0 Å². The molecule has 0 N–H and O–H groups in total. The fourth-order valence-electron chi connectivity index (χ4n) is 2.55. The van der Waals surface area contributed by atoms with Crippen molar-refractivity contribution in [3.8, 4) is 0 Å². The molecule has 0 aliphatic heterocycles. The molecule has 4 heteroatoms. The third kappa shape index (κ3) is 4.60. The molecule has 0 bridgehead atoms. The van der Waals surface area contributed by atoms with E-state index in [2.05, 4.69) is 0 Å². The minimum atomic E-state index is -0.844. The van der Waals surface area contributed by atoms with Gasteiger partial charge in [-0.25, -0.2) is 4.79 Å². The van der Waals surface area contributed by atoms with Crippen molar-refractivity contribution in [2.75, 3.05) is 0 Å². The zero-order chi connectivity index (χ0) is 18.3. The molecule has 0 amide bonds. The average Bonchev–Trinajstić information content (AvgIpc) is 2.67. The molecule has 0 aromatic heterocycles. The van der Waals surface area contributed by atoms with Crippen molar-refractivity contribution in [2.24, 2.45) is 0 Å². The summed E-state index contributed by atoms with van der Waals surface area (Å²) in [5.74, 6) is 0. The number of rotatable bonds is 7. The Hall–Kier alpha value is -2.33. The first kappa shape index (κ1) is 19.0. The molecule has 0 saturated carbocycles. The van der Waals surface area contributed by atoms with Gasteiger partial charge in [-0.15, -0.1) is 0 Å². The second kappa shape index (κ2) is 8.17. The number of hydrogen-bond acceptors (Lipinski definition) is 4. The summed E-state index contributed by atoms with van der Waals surface area (Å²) >= 11 is 0. The minimum absolute atomic E-state index is 0.621. The van der Waals surface area contributed by atoms with E-state index in [0.29, 0.717) is 12.8 Å². The Morgan fingerprint density at radius 2 is 1.24 bits per heavy atom. The van der Waals surface area contributed by atoms with Crippen LogP contribution in [0.4, 0.5) is 4.79 Å². The van der Waals surface area contributed by atoms with Crippen LogP contribution in [0.1, 0.15) is 51.7 Å². The molecule has 2 unspecified atom stereocenters. The first-order valence-electron chi connectivity index (χ1n) is 8.63. The summed E-state index contributed by atoms with van der Waals surface area (Å²) in [5.41, 5.74) is 0.356. The number of hydrogen-bond donors (Lipinski definition) is 0. The number of carbonyl (C=O) groups is 1. The van der Waals surface area contributed by atoms with Gasteiger partial charge in [0.25, 0.3) is 0 Å².